The smallest absolute Gasteiger partial charge is 0.260 e. The molecule has 0 radical (unpaired) electrons. The Morgan fingerprint density at radius 1 is 1.08 bits per heavy atom. The summed E-state index contributed by atoms with van der Waals surface area (Å²) in [5.41, 5.74) is 0.863. The van der Waals surface area contributed by atoms with Gasteiger partial charge >= 0.3 is 0 Å². The molecule has 1 amide bonds. The predicted octanol–water partition coefficient (Wildman–Crippen LogP) is 3.82. The number of halogens is 1. The van der Waals surface area contributed by atoms with Crippen LogP contribution in [-0.4, -0.2) is 31.1 Å². The molecule has 0 saturated carbocycles. The maximum Gasteiger partial charge on any atom is 0.260 e. The zero-order chi connectivity index (χ0) is 17.5. The van der Waals surface area contributed by atoms with E-state index in [9.17, 15) is 9.18 Å². The molecule has 0 aliphatic carbocycles. The number of benzene rings is 2. The van der Waals surface area contributed by atoms with E-state index in [1.165, 1.54) is 12.1 Å². The Labute approximate surface area is 141 Å². The average Bonchev–Trinajstić information content (AvgIpc) is 2.60. The maximum absolute atomic E-state index is 13.0. The molecule has 0 N–H and O–H groups in total. The largest absolute Gasteiger partial charge is 0.490 e. The summed E-state index contributed by atoms with van der Waals surface area (Å²) in [7, 11) is 1.70. The third kappa shape index (κ3) is 4.47. The number of nitrogens with zero attached hydrogens (tertiary/aromatic N) is 1. The van der Waals surface area contributed by atoms with E-state index in [1.807, 2.05) is 26.0 Å². The number of carbonyl (C=O) groups excluding carboxylic acids is 1. The second-order valence-electron chi connectivity index (χ2n) is 5.40. The van der Waals surface area contributed by atoms with E-state index in [-0.39, 0.29) is 24.4 Å². The summed E-state index contributed by atoms with van der Waals surface area (Å²) in [5, 5.41) is 0. The highest BCUT2D eigenvalue weighted by Crippen LogP contribution is 2.26. The Morgan fingerprint density at radius 2 is 1.67 bits per heavy atom. The zero-order valence-electron chi connectivity index (χ0n) is 14.2. The summed E-state index contributed by atoms with van der Waals surface area (Å²) in [4.78, 5) is 13.9. The molecular formula is C19H22FNO3. The molecule has 0 aromatic heterocycles. The number of rotatable bonds is 7. The van der Waals surface area contributed by atoms with Crippen LogP contribution < -0.4 is 9.47 Å². The molecule has 1 atom stereocenters. The van der Waals surface area contributed by atoms with Crippen LogP contribution in [0.5, 0.6) is 11.5 Å². The highest BCUT2D eigenvalue weighted by Gasteiger charge is 2.18. The Balaban J connectivity index is 1.98. The SMILES string of the molecule is CCOc1ccccc1OCC(=O)N(C)C(C)c1ccc(F)cc1. The molecular weight excluding hydrogens is 309 g/mol. The van der Waals surface area contributed by atoms with Gasteiger partial charge in [-0.05, 0) is 43.7 Å². The van der Waals surface area contributed by atoms with Gasteiger partial charge in [-0.2, -0.15) is 0 Å². The van der Waals surface area contributed by atoms with Gasteiger partial charge in [-0.3, -0.25) is 4.79 Å². The summed E-state index contributed by atoms with van der Waals surface area (Å²) in [5.74, 6) is 0.687. The molecule has 2 aromatic carbocycles. The van der Waals surface area contributed by atoms with E-state index in [0.29, 0.717) is 18.1 Å². The first kappa shape index (κ1) is 17.8. The van der Waals surface area contributed by atoms with Crippen molar-refractivity contribution >= 4 is 5.91 Å². The minimum atomic E-state index is -0.296. The first-order valence-electron chi connectivity index (χ1n) is 7.88. The number of ether oxygens (including phenoxy) is 2. The van der Waals surface area contributed by atoms with Crippen LogP contribution in [0.3, 0.4) is 0 Å². The molecule has 0 fully saturated rings. The van der Waals surface area contributed by atoms with Gasteiger partial charge in [0.15, 0.2) is 18.1 Å². The van der Waals surface area contributed by atoms with Crippen molar-refractivity contribution < 1.29 is 18.7 Å². The summed E-state index contributed by atoms with van der Waals surface area (Å²) in [6.45, 7) is 4.21. The Bertz CT molecular complexity index is 673. The van der Waals surface area contributed by atoms with Crippen molar-refractivity contribution in [3.63, 3.8) is 0 Å². The standard InChI is InChI=1S/C19H22FNO3/c1-4-23-17-7-5-6-8-18(17)24-13-19(22)21(3)14(2)15-9-11-16(20)12-10-15/h5-12,14H,4,13H2,1-3H3. The van der Waals surface area contributed by atoms with Crippen LogP contribution in [0.4, 0.5) is 4.39 Å². The molecule has 0 aliphatic rings. The topological polar surface area (TPSA) is 38.8 Å². The van der Waals surface area contributed by atoms with Crippen LogP contribution >= 0.6 is 0 Å². The molecule has 0 bridgehead atoms. The van der Waals surface area contributed by atoms with Gasteiger partial charge in [0.2, 0.25) is 0 Å². The maximum atomic E-state index is 13.0. The molecule has 4 nitrogen and oxygen atoms in total. The lowest BCUT2D eigenvalue weighted by Crippen LogP contribution is -2.33. The molecule has 0 saturated heterocycles. The number of likely N-dealkylation sites (N-methyl/N-ethyl adjacent to an activating group) is 1. The van der Waals surface area contributed by atoms with Gasteiger partial charge in [0.25, 0.3) is 5.91 Å². The average molecular weight is 331 g/mol. The van der Waals surface area contributed by atoms with E-state index >= 15 is 0 Å². The van der Waals surface area contributed by atoms with Crippen molar-refractivity contribution in [3.8, 4) is 11.5 Å². The van der Waals surface area contributed by atoms with Crippen LogP contribution in [0.25, 0.3) is 0 Å². The quantitative estimate of drug-likeness (QED) is 0.774. The van der Waals surface area contributed by atoms with Gasteiger partial charge in [0.05, 0.1) is 12.6 Å². The van der Waals surface area contributed by atoms with Crippen LogP contribution in [0.15, 0.2) is 48.5 Å². The zero-order valence-corrected chi connectivity index (χ0v) is 14.2. The molecule has 128 valence electrons. The van der Waals surface area contributed by atoms with Gasteiger partial charge in [0, 0.05) is 7.05 Å². The second kappa shape index (κ2) is 8.34. The highest BCUT2D eigenvalue weighted by atomic mass is 19.1. The third-order valence-electron chi connectivity index (χ3n) is 3.83. The van der Waals surface area contributed by atoms with Gasteiger partial charge in [-0.15, -0.1) is 0 Å². The Hall–Kier alpha value is -2.56. The molecule has 5 heteroatoms. The van der Waals surface area contributed by atoms with Crippen molar-refractivity contribution in [1.29, 1.82) is 0 Å². The van der Waals surface area contributed by atoms with Gasteiger partial charge in [0.1, 0.15) is 5.82 Å². The number of carbonyl (C=O) groups is 1. The summed E-state index contributed by atoms with van der Waals surface area (Å²) >= 11 is 0. The molecule has 2 aromatic rings. The third-order valence-corrected chi connectivity index (χ3v) is 3.83. The Morgan fingerprint density at radius 3 is 2.25 bits per heavy atom. The number of para-hydroxylation sites is 2. The fourth-order valence-electron chi connectivity index (χ4n) is 2.27. The molecule has 0 aliphatic heterocycles. The lowest BCUT2D eigenvalue weighted by molar-refractivity contribution is -0.134. The van der Waals surface area contributed by atoms with Gasteiger partial charge in [-0.25, -0.2) is 4.39 Å². The lowest BCUT2D eigenvalue weighted by atomic mass is 10.1. The Kier molecular flexibility index (Phi) is 6.18. The molecule has 0 heterocycles. The normalized spacial score (nSPS) is 11.7. The number of hydrogen-bond acceptors (Lipinski definition) is 3. The minimum absolute atomic E-state index is 0.0911. The number of amides is 1. The first-order valence-corrected chi connectivity index (χ1v) is 7.88. The van der Waals surface area contributed by atoms with Crippen molar-refractivity contribution in [2.45, 2.75) is 19.9 Å². The van der Waals surface area contributed by atoms with E-state index in [4.69, 9.17) is 9.47 Å². The molecule has 24 heavy (non-hydrogen) atoms. The van der Waals surface area contributed by atoms with Crippen LogP contribution in [-0.2, 0) is 4.79 Å². The van der Waals surface area contributed by atoms with E-state index in [1.54, 1.807) is 36.2 Å². The van der Waals surface area contributed by atoms with Crippen molar-refractivity contribution in [1.82, 2.24) is 4.90 Å². The first-order chi connectivity index (χ1) is 11.5. The number of hydrogen-bond donors (Lipinski definition) is 0. The fraction of sp³-hybridized carbons (Fsp3) is 0.316. The fourth-order valence-corrected chi connectivity index (χ4v) is 2.27. The van der Waals surface area contributed by atoms with Crippen molar-refractivity contribution in [3.05, 3.63) is 59.9 Å². The predicted molar refractivity (Wildman–Crippen MR) is 90.7 cm³/mol. The van der Waals surface area contributed by atoms with Crippen molar-refractivity contribution in [2.24, 2.45) is 0 Å². The van der Waals surface area contributed by atoms with Crippen molar-refractivity contribution in [2.75, 3.05) is 20.3 Å². The van der Waals surface area contributed by atoms with E-state index in [2.05, 4.69) is 0 Å². The van der Waals surface area contributed by atoms with Crippen LogP contribution in [0.2, 0.25) is 0 Å². The summed E-state index contributed by atoms with van der Waals surface area (Å²) in [6, 6.07) is 13.2. The van der Waals surface area contributed by atoms with Gasteiger partial charge < -0.3 is 14.4 Å². The second-order valence-corrected chi connectivity index (χ2v) is 5.40. The minimum Gasteiger partial charge on any atom is -0.490 e. The lowest BCUT2D eigenvalue weighted by Gasteiger charge is -2.25. The van der Waals surface area contributed by atoms with Gasteiger partial charge in [-0.1, -0.05) is 24.3 Å². The molecule has 1 unspecified atom stereocenters. The summed E-state index contributed by atoms with van der Waals surface area (Å²) < 4.78 is 24.1. The monoisotopic (exact) mass is 331 g/mol. The van der Waals surface area contributed by atoms with Crippen LogP contribution in [0, 0.1) is 5.82 Å². The summed E-state index contributed by atoms with van der Waals surface area (Å²) in [6.07, 6.45) is 0. The van der Waals surface area contributed by atoms with Crippen LogP contribution in [0.1, 0.15) is 25.5 Å². The molecule has 0 spiro atoms. The molecule has 2 rings (SSSR count). The highest BCUT2D eigenvalue weighted by molar-refractivity contribution is 5.78. The van der Waals surface area contributed by atoms with E-state index < -0.39 is 0 Å². The van der Waals surface area contributed by atoms with E-state index in [0.717, 1.165) is 5.56 Å².